The number of piperidine rings is 1. The van der Waals surface area contributed by atoms with Gasteiger partial charge in [-0.2, -0.15) is 4.80 Å². The zero-order valence-corrected chi connectivity index (χ0v) is 15.4. The third kappa shape index (κ3) is 4.06. The molecule has 0 aliphatic carbocycles. The molecule has 1 amide bonds. The van der Waals surface area contributed by atoms with Gasteiger partial charge >= 0.3 is 0 Å². The largest absolute Gasteiger partial charge is 0.338 e. The fourth-order valence-electron chi connectivity index (χ4n) is 3.41. The average Bonchev–Trinajstić information content (AvgIpc) is 3.10. The van der Waals surface area contributed by atoms with Gasteiger partial charge < -0.3 is 4.90 Å². The summed E-state index contributed by atoms with van der Waals surface area (Å²) in [5, 5.41) is 12.6. The highest BCUT2D eigenvalue weighted by Gasteiger charge is 2.25. The van der Waals surface area contributed by atoms with Crippen molar-refractivity contribution < 1.29 is 4.79 Å². The van der Waals surface area contributed by atoms with Crippen LogP contribution in [0.25, 0.3) is 11.4 Å². The minimum absolute atomic E-state index is 0.0886. The van der Waals surface area contributed by atoms with Crippen LogP contribution in [0.15, 0.2) is 24.3 Å². The van der Waals surface area contributed by atoms with Gasteiger partial charge in [-0.15, -0.1) is 10.2 Å². The first kappa shape index (κ1) is 17.6. The van der Waals surface area contributed by atoms with Gasteiger partial charge in [-0.1, -0.05) is 45.0 Å². The Hall–Kier alpha value is -2.24. The van der Waals surface area contributed by atoms with E-state index >= 15 is 0 Å². The minimum Gasteiger partial charge on any atom is -0.338 e. The number of carbonyl (C=O) groups excluding carboxylic acids is 1. The van der Waals surface area contributed by atoms with E-state index in [1.807, 2.05) is 17.0 Å². The highest BCUT2D eigenvalue weighted by molar-refractivity contribution is 5.76. The molecule has 1 fully saturated rings. The van der Waals surface area contributed by atoms with Crippen LogP contribution in [0.3, 0.4) is 0 Å². The second-order valence-corrected chi connectivity index (χ2v) is 7.07. The number of likely N-dealkylation sites (tertiary alicyclic amines) is 1. The molecule has 1 saturated heterocycles. The summed E-state index contributed by atoms with van der Waals surface area (Å²) in [4.78, 5) is 16.0. The van der Waals surface area contributed by atoms with Crippen LogP contribution in [-0.2, 0) is 11.3 Å². The topological polar surface area (TPSA) is 63.9 Å². The summed E-state index contributed by atoms with van der Waals surface area (Å²) in [6.45, 7) is 7.48. The quantitative estimate of drug-likeness (QED) is 0.837. The van der Waals surface area contributed by atoms with Crippen molar-refractivity contribution in [2.75, 3.05) is 6.54 Å². The number of benzene rings is 1. The molecule has 134 valence electrons. The molecule has 1 aromatic carbocycles. The molecular weight excluding hydrogens is 314 g/mol. The molecule has 1 atom stereocenters. The normalized spacial score (nSPS) is 17.9. The maximum Gasteiger partial charge on any atom is 0.246 e. The summed E-state index contributed by atoms with van der Waals surface area (Å²) in [5.41, 5.74) is 2.20. The number of nitrogens with zero attached hydrogens (tertiary/aromatic N) is 5. The van der Waals surface area contributed by atoms with E-state index < -0.39 is 0 Å². The zero-order valence-electron chi connectivity index (χ0n) is 15.4. The first-order valence-electron chi connectivity index (χ1n) is 9.26. The maximum absolute atomic E-state index is 12.6. The van der Waals surface area contributed by atoms with Gasteiger partial charge in [0.2, 0.25) is 11.7 Å². The molecule has 0 spiro atoms. The highest BCUT2D eigenvalue weighted by Crippen LogP contribution is 2.21. The Balaban J connectivity index is 1.67. The number of amides is 1. The van der Waals surface area contributed by atoms with Gasteiger partial charge in [-0.3, -0.25) is 4.79 Å². The van der Waals surface area contributed by atoms with Crippen molar-refractivity contribution in [3.05, 3.63) is 29.8 Å². The van der Waals surface area contributed by atoms with Crippen molar-refractivity contribution in [1.29, 1.82) is 0 Å². The standard InChI is InChI=1S/C19H27N5O/c1-4-17-7-5-6-12-23(17)18(25)13-24-21-19(20-22-24)16-10-8-15(9-11-16)14(2)3/h8-11,14,17H,4-7,12-13H2,1-3H3/t17-/m1/s1. The first-order chi connectivity index (χ1) is 12.1. The molecule has 0 bridgehead atoms. The van der Waals surface area contributed by atoms with Gasteiger partial charge in [0.05, 0.1) is 0 Å². The van der Waals surface area contributed by atoms with E-state index in [2.05, 4.69) is 48.3 Å². The van der Waals surface area contributed by atoms with Gasteiger partial charge in [0, 0.05) is 18.2 Å². The molecule has 0 N–H and O–H groups in total. The zero-order chi connectivity index (χ0) is 17.8. The molecule has 1 aliphatic heterocycles. The predicted octanol–water partition coefficient (Wildman–Crippen LogP) is 3.25. The lowest BCUT2D eigenvalue weighted by molar-refractivity contribution is -0.136. The van der Waals surface area contributed by atoms with E-state index in [4.69, 9.17) is 0 Å². The van der Waals surface area contributed by atoms with Crippen LogP contribution < -0.4 is 0 Å². The highest BCUT2D eigenvalue weighted by atomic mass is 16.2. The number of hydrogen-bond acceptors (Lipinski definition) is 4. The van der Waals surface area contributed by atoms with Crippen LogP contribution in [0.4, 0.5) is 0 Å². The lowest BCUT2D eigenvalue weighted by atomic mass is 10.00. The van der Waals surface area contributed by atoms with Crippen molar-refractivity contribution in [1.82, 2.24) is 25.1 Å². The smallest absolute Gasteiger partial charge is 0.246 e. The molecule has 25 heavy (non-hydrogen) atoms. The molecule has 2 aromatic rings. The molecule has 6 heteroatoms. The van der Waals surface area contributed by atoms with Gasteiger partial charge in [0.25, 0.3) is 0 Å². The number of carbonyl (C=O) groups is 1. The molecule has 0 unspecified atom stereocenters. The fraction of sp³-hybridized carbons (Fsp3) is 0.579. The maximum atomic E-state index is 12.6. The summed E-state index contributed by atoms with van der Waals surface area (Å²) < 4.78 is 0. The van der Waals surface area contributed by atoms with Crippen molar-refractivity contribution in [3.63, 3.8) is 0 Å². The predicted molar refractivity (Wildman–Crippen MR) is 97.0 cm³/mol. The van der Waals surface area contributed by atoms with Crippen LogP contribution in [0.5, 0.6) is 0 Å². The van der Waals surface area contributed by atoms with Crippen LogP contribution >= 0.6 is 0 Å². The average molecular weight is 341 g/mol. The van der Waals surface area contributed by atoms with Gasteiger partial charge in [0.1, 0.15) is 6.54 Å². The summed E-state index contributed by atoms with van der Waals surface area (Å²) in [6, 6.07) is 8.55. The monoisotopic (exact) mass is 341 g/mol. The molecule has 1 aliphatic rings. The SMILES string of the molecule is CC[C@@H]1CCCCN1C(=O)Cn1nnc(-c2ccc(C(C)C)cc2)n1. The van der Waals surface area contributed by atoms with Gasteiger partial charge in [0.15, 0.2) is 0 Å². The number of hydrogen-bond donors (Lipinski definition) is 0. The molecular formula is C19H27N5O. The summed E-state index contributed by atoms with van der Waals surface area (Å²) in [7, 11) is 0. The third-order valence-electron chi connectivity index (χ3n) is 4.98. The first-order valence-corrected chi connectivity index (χ1v) is 9.26. The van der Waals surface area contributed by atoms with Gasteiger partial charge in [-0.05, 0) is 42.4 Å². The van der Waals surface area contributed by atoms with Crippen molar-refractivity contribution in [2.45, 2.75) is 65.0 Å². The van der Waals surface area contributed by atoms with E-state index in [0.717, 1.165) is 31.4 Å². The number of rotatable bonds is 5. The minimum atomic E-state index is 0.0886. The van der Waals surface area contributed by atoms with Crippen molar-refractivity contribution in [2.24, 2.45) is 0 Å². The van der Waals surface area contributed by atoms with Crippen LogP contribution in [0.1, 0.15) is 57.9 Å². The van der Waals surface area contributed by atoms with E-state index in [-0.39, 0.29) is 12.5 Å². The van der Waals surface area contributed by atoms with E-state index in [0.29, 0.717) is 17.8 Å². The molecule has 0 saturated carbocycles. The van der Waals surface area contributed by atoms with Crippen LogP contribution in [0.2, 0.25) is 0 Å². The lowest BCUT2D eigenvalue weighted by Gasteiger charge is -2.35. The van der Waals surface area contributed by atoms with Gasteiger partial charge in [-0.25, -0.2) is 0 Å². The second-order valence-electron chi connectivity index (χ2n) is 7.07. The van der Waals surface area contributed by atoms with Crippen LogP contribution in [0, 0.1) is 0 Å². The van der Waals surface area contributed by atoms with Crippen molar-refractivity contribution in [3.8, 4) is 11.4 Å². The molecule has 3 rings (SSSR count). The Labute approximate surface area is 149 Å². The van der Waals surface area contributed by atoms with E-state index in [1.165, 1.54) is 16.8 Å². The lowest BCUT2D eigenvalue weighted by Crippen LogP contribution is -2.45. The molecule has 0 radical (unpaired) electrons. The number of tetrazole rings is 1. The van der Waals surface area contributed by atoms with Crippen molar-refractivity contribution >= 4 is 5.91 Å². The summed E-state index contributed by atoms with van der Waals surface area (Å²) in [5.74, 6) is 1.14. The Morgan fingerprint density at radius 1 is 1.24 bits per heavy atom. The Morgan fingerprint density at radius 2 is 2.00 bits per heavy atom. The van der Waals surface area contributed by atoms with E-state index in [1.54, 1.807) is 0 Å². The summed E-state index contributed by atoms with van der Waals surface area (Å²) >= 11 is 0. The fourth-order valence-corrected chi connectivity index (χ4v) is 3.41. The molecule has 1 aromatic heterocycles. The molecule has 2 heterocycles. The number of aromatic nitrogens is 4. The van der Waals surface area contributed by atoms with Crippen LogP contribution in [-0.4, -0.2) is 43.6 Å². The Bertz CT molecular complexity index is 707. The second kappa shape index (κ2) is 7.76. The molecule has 6 nitrogen and oxygen atoms in total. The summed E-state index contributed by atoms with van der Waals surface area (Å²) in [6.07, 6.45) is 4.39. The van der Waals surface area contributed by atoms with E-state index in [9.17, 15) is 4.79 Å². The Kier molecular flexibility index (Phi) is 5.46. The third-order valence-corrected chi connectivity index (χ3v) is 4.98. The Morgan fingerprint density at radius 3 is 2.68 bits per heavy atom.